The standard InChI is InChI=1S/C12H20N6O/c1-4-5-18-12(10(19-3)7-15-18)11(16-13)9-6-14-8-17(9)2/h6-8,11,16H,4-5,13H2,1-3H3. The summed E-state index contributed by atoms with van der Waals surface area (Å²) in [6.45, 7) is 2.92. The number of nitrogens with zero attached hydrogens (tertiary/aromatic N) is 4. The van der Waals surface area contributed by atoms with Crippen molar-refractivity contribution >= 4 is 0 Å². The van der Waals surface area contributed by atoms with E-state index in [1.165, 1.54) is 0 Å². The summed E-state index contributed by atoms with van der Waals surface area (Å²) in [6.07, 6.45) is 6.23. The SMILES string of the molecule is CCCn1ncc(OC)c1C(NN)c1cncn1C. The van der Waals surface area contributed by atoms with E-state index in [4.69, 9.17) is 10.6 Å². The summed E-state index contributed by atoms with van der Waals surface area (Å²) in [5, 5.41) is 4.35. The zero-order valence-electron chi connectivity index (χ0n) is 11.5. The number of ether oxygens (including phenoxy) is 1. The molecule has 2 rings (SSSR count). The van der Waals surface area contributed by atoms with Gasteiger partial charge in [-0.05, 0) is 6.42 Å². The van der Waals surface area contributed by atoms with Crippen molar-refractivity contribution < 1.29 is 4.74 Å². The van der Waals surface area contributed by atoms with E-state index in [2.05, 4.69) is 22.4 Å². The van der Waals surface area contributed by atoms with Gasteiger partial charge in [0.05, 0.1) is 31.5 Å². The molecule has 2 heterocycles. The molecule has 19 heavy (non-hydrogen) atoms. The summed E-state index contributed by atoms with van der Waals surface area (Å²) in [5.74, 6) is 6.44. The van der Waals surface area contributed by atoms with Crippen molar-refractivity contribution in [2.75, 3.05) is 7.11 Å². The van der Waals surface area contributed by atoms with Crippen molar-refractivity contribution in [3.63, 3.8) is 0 Å². The Balaban J connectivity index is 2.48. The van der Waals surface area contributed by atoms with E-state index >= 15 is 0 Å². The third-order valence-electron chi connectivity index (χ3n) is 3.09. The first-order chi connectivity index (χ1) is 9.22. The molecule has 0 amide bonds. The normalized spacial score (nSPS) is 12.6. The maximum absolute atomic E-state index is 5.72. The van der Waals surface area contributed by atoms with E-state index in [0.29, 0.717) is 0 Å². The highest BCUT2D eigenvalue weighted by Gasteiger charge is 2.24. The van der Waals surface area contributed by atoms with Gasteiger partial charge < -0.3 is 9.30 Å². The maximum Gasteiger partial charge on any atom is 0.162 e. The summed E-state index contributed by atoms with van der Waals surface area (Å²) in [7, 11) is 3.56. The van der Waals surface area contributed by atoms with Crippen LogP contribution in [0.2, 0.25) is 0 Å². The number of nitrogens with one attached hydrogen (secondary N) is 1. The Hall–Kier alpha value is -1.86. The Bertz CT molecular complexity index is 532. The summed E-state index contributed by atoms with van der Waals surface area (Å²) >= 11 is 0. The molecule has 0 saturated heterocycles. The van der Waals surface area contributed by atoms with Crippen LogP contribution in [0.15, 0.2) is 18.7 Å². The monoisotopic (exact) mass is 264 g/mol. The van der Waals surface area contributed by atoms with Crippen molar-refractivity contribution in [3.05, 3.63) is 30.1 Å². The van der Waals surface area contributed by atoms with Crippen molar-refractivity contribution in [3.8, 4) is 5.75 Å². The third kappa shape index (κ3) is 2.47. The molecule has 104 valence electrons. The molecular formula is C12H20N6O. The Morgan fingerprint density at radius 3 is 2.79 bits per heavy atom. The van der Waals surface area contributed by atoms with Gasteiger partial charge in [-0.15, -0.1) is 0 Å². The van der Waals surface area contributed by atoms with Gasteiger partial charge in [0.2, 0.25) is 0 Å². The molecule has 0 aliphatic carbocycles. The van der Waals surface area contributed by atoms with Crippen LogP contribution in [0.1, 0.15) is 30.8 Å². The summed E-state index contributed by atoms with van der Waals surface area (Å²) in [6, 6.07) is -0.212. The Labute approximate surface area is 112 Å². The Morgan fingerprint density at radius 1 is 1.47 bits per heavy atom. The third-order valence-corrected chi connectivity index (χ3v) is 3.09. The molecule has 7 nitrogen and oxygen atoms in total. The van der Waals surface area contributed by atoms with Crippen molar-refractivity contribution in [2.24, 2.45) is 12.9 Å². The first-order valence-corrected chi connectivity index (χ1v) is 6.24. The zero-order valence-corrected chi connectivity index (χ0v) is 11.5. The van der Waals surface area contributed by atoms with Crippen LogP contribution in [-0.2, 0) is 13.6 Å². The molecule has 0 aliphatic rings. The fourth-order valence-electron chi connectivity index (χ4n) is 2.17. The highest BCUT2D eigenvalue weighted by molar-refractivity contribution is 5.33. The number of hydrogen-bond donors (Lipinski definition) is 2. The first kappa shape index (κ1) is 13.6. The van der Waals surface area contributed by atoms with Gasteiger partial charge in [-0.25, -0.2) is 10.4 Å². The van der Waals surface area contributed by atoms with Gasteiger partial charge in [-0.1, -0.05) is 6.92 Å². The van der Waals surface area contributed by atoms with Crippen LogP contribution in [0.25, 0.3) is 0 Å². The molecule has 0 aliphatic heterocycles. The molecule has 2 aromatic rings. The second kappa shape index (κ2) is 5.85. The highest BCUT2D eigenvalue weighted by atomic mass is 16.5. The average molecular weight is 264 g/mol. The molecule has 0 bridgehead atoms. The van der Waals surface area contributed by atoms with Crippen LogP contribution in [0.3, 0.4) is 0 Å². The zero-order chi connectivity index (χ0) is 13.8. The molecule has 7 heteroatoms. The molecule has 1 atom stereocenters. The fraction of sp³-hybridized carbons (Fsp3) is 0.500. The van der Waals surface area contributed by atoms with E-state index in [9.17, 15) is 0 Å². The molecule has 0 radical (unpaired) electrons. The molecule has 3 N–H and O–H groups in total. The minimum absolute atomic E-state index is 0.212. The lowest BCUT2D eigenvalue weighted by molar-refractivity contribution is 0.396. The Kier molecular flexibility index (Phi) is 4.18. The van der Waals surface area contributed by atoms with Gasteiger partial charge in [-0.2, -0.15) is 5.10 Å². The first-order valence-electron chi connectivity index (χ1n) is 6.24. The molecule has 0 fully saturated rings. The van der Waals surface area contributed by atoms with Gasteiger partial charge in [-0.3, -0.25) is 10.5 Å². The molecule has 1 unspecified atom stereocenters. The van der Waals surface area contributed by atoms with Crippen LogP contribution < -0.4 is 16.0 Å². The van der Waals surface area contributed by atoms with Crippen molar-refractivity contribution in [1.82, 2.24) is 24.8 Å². The van der Waals surface area contributed by atoms with Crippen LogP contribution in [0.5, 0.6) is 5.75 Å². The quantitative estimate of drug-likeness (QED) is 0.589. The lowest BCUT2D eigenvalue weighted by Gasteiger charge is -2.19. The second-order valence-electron chi connectivity index (χ2n) is 4.35. The van der Waals surface area contributed by atoms with E-state index in [1.54, 1.807) is 25.8 Å². The molecule has 0 spiro atoms. The Morgan fingerprint density at radius 2 is 2.26 bits per heavy atom. The summed E-state index contributed by atoms with van der Waals surface area (Å²) in [4.78, 5) is 4.13. The molecule has 0 aromatic carbocycles. The van der Waals surface area contributed by atoms with Gasteiger partial charge in [0.25, 0.3) is 0 Å². The lowest BCUT2D eigenvalue weighted by Crippen LogP contribution is -2.32. The van der Waals surface area contributed by atoms with E-state index < -0.39 is 0 Å². The van der Waals surface area contributed by atoms with E-state index in [-0.39, 0.29) is 6.04 Å². The topological polar surface area (TPSA) is 82.9 Å². The van der Waals surface area contributed by atoms with Crippen LogP contribution >= 0.6 is 0 Å². The van der Waals surface area contributed by atoms with Crippen molar-refractivity contribution in [1.29, 1.82) is 0 Å². The highest BCUT2D eigenvalue weighted by Crippen LogP contribution is 2.29. The predicted octanol–water partition coefficient (Wildman–Crippen LogP) is 0.588. The number of nitrogens with two attached hydrogens (primary N) is 1. The van der Waals surface area contributed by atoms with Crippen molar-refractivity contribution in [2.45, 2.75) is 25.9 Å². The smallest absolute Gasteiger partial charge is 0.162 e. The van der Waals surface area contributed by atoms with Gasteiger partial charge in [0.1, 0.15) is 11.7 Å². The number of aromatic nitrogens is 4. The van der Waals surface area contributed by atoms with Gasteiger partial charge in [0, 0.05) is 13.6 Å². The van der Waals surface area contributed by atoms with Gasteiger partial charge >= 0.3 is 0 Å². The fourth-order valence-corrected chi connectivity index (χ4v) is 2.17. The predicted molar refractivity (Wildman–Crippen MR) is 71.4 cm³/mol. The number of rotatable bonds is 6. The summed E-state index contributed by atoms with van der Waals surface area (Å²) in [5.41, 5.74) is 4.69. The minimum atomic E-state index is -0.212. The van der Waals surface area contributed by atoms with E-state index in [1.807, 2.05) is 16.3 Å². The minimum Gasteiger partial charge on any atom is -0.493 e. The second-order valence-corrected chi connectivity index (χ2v) is 4.35. The largest absolute Gasteiger partial charge is 0.493 e. The van der Waals surface area contributed by atoms with E-state index in [0.717, 1.165) is 30.1 Å². The number of aryl methyl sites for hydroxylation is 2. The lowest BCUT2D eigenvalue weighted by atomic mass is 10.1. The average Bonchev–Trinajstić information content (AvgIpc) is 3.00. The molecule has 2 aromatic heterocycles. The number of methoxy groups -OCH3 is 1. The number of hydrazine groups is 1. The molecule has 0 saturated carbocycles. The van der Waals surface area contributed by atoms with Crippen LogP contribution in [0.4, 0.5) is 0 Å². The van der Waals surface area contributed by atoms with Crippen LogP contribution in [-0.4, -0.2) is 26.4 Å². The maximum atomic E-state index is 5.72. The van der Waals surface area contributed by atoms with Gasteiger partial charge in [0.15, 0.2) is 5.75 Å². The number of hydrogen-bond acceptors (Lipinski definition) is 5. The summed E-state index contributed by atoms with van der Waals surface area (Å²) < 4.78 is 9.22. The number of imidazole rings is 1. The molecular weight excluding hydrogens is 244 g/mol. The van der Waals surface area contributed by atoms with Crippen LogP contribution in [0, 0.1) is 0 Å².